The van der Waals surface area contributed by atoms with Crippen LogP contribution in [0.2, 0.25) is 0 Å². The van der Waals surface area contributed by atoms with Gasteiger partial charge < -0.3 is 20.3 Å². The number of aliphatic hydroxyl groups excluding tert-OH is 1. The van der Waals surface area contributed by atoms with Crippen LogP contribution in [-0.2, 0) is 17.6 Å². The summed E-state index contributed by atoms with van der Waals surface area (Å²) >= 11 is 0. The fourth-order valence-electron chi connectivity index (χ4n) is 4.45. The summed E-state index contributed by atoms with van der Waals surface area (Å²) in [6, 6.07) is 5.52. The highest BCUT2D eigenvalue weighted by atomic mass is 16.3. The molecule has 1 aromatic heterocycles. The lowest BCUT2D eigenvalue weighted by Crippen LogP contribution is -2.55. The van der Waals surface area contributed by atoms with Crippen molar-refractivity contribution < 1.29 is 14.7 Å². The van der Waals surface area contributed by atoms with E-state index in [1.807, 2.05) is 23.1 Å². The summed E-state index contributed by atoms with van der Waals surface area (Å²) < 4.78 is 0. The van der Waals surface area contributed by atoms with Gasteiger partial charge in [0, 0.05) is 49.3 Å². The molecule has 3 N–H and O–H groups in total. The van der Waals surface area contributed by atoms with Crippen molar-refractivity contribution in [3.05, 3.63) is 35.0 Å². The lowest BCUT2D eigenvalue weighted by atomic mass is 9.95. The fourth-order valence-corrected chi connectivity index (χ4v) is 4.45. The molecule has 156 valence electrons. The second kappa shape index (κ2) is 8.16. The summed E-state index contributed by atoms with van der Waals surface area (Å²) in [5.41, 5.74) is 4.32. The summed E-state index contributed by atoms with van der Waals surface area (Å²) in [6.07, 6.45) is 4.54. The Hall–Kier alpha value is -2.38. The minimum absolute atomic E-state index is 0.0154. The van der Waals surface area contributed by atoms with Crippen molar-refractivity contribution in [2.24, 2.45) is 0 Å². The van der Waals surface area contributed by atoms with E-state index in [1.165, 1.54) is 29.5 Å². The first-order valence-electron chi connectivity index (χ1n) is 10.5. The number of carbonyl (C=O) groups is 2. The number of fused-ring (bicyclic) bond motifs is 3. The Bertz CT molecular complexity index is 920. The molecular weight excluding hydrogens is 368 g/mol. The van der Waals surface area contributed by atoms with Crippen LogP contribution in [0.15, 0.2) is 18.2 Å². The van der Waals surface area contributed by atoms with Crippen LogP contribution < -0.4 is 5.32 Å². The fraction of sp³-hybridized carbons (Fsp3) is 0.545. The maximum absolute atomic E-state index is 12.8. The number of aromatic amines is 1. The van der Waals surface area contributed by atoms with Gasteiger partial charge >= 0.3 is 0 Å². The van der Waals surface area contributed by atoms with Crippen LogP contribution in [-0.4, -0.2) is 77.6 Å². The molecule has 0 bridgehead atoms. The van der Waals surface area contributed by atoms with Gasteiger partial charge in [0.2, 0.25) is 5.91 Å². The van der Waals surface area contributed by atoms with Gasteiger partial charge in [-0.2, -0.15) is 0 Å². The van der Waals surface area contributed by atoms with Crippen LogP contribution >= 0.6 is 0 Å². The van der Waals surface area contributed by atoms with E-state index in [4.69, 9.17) is 0 Å². The van der Waals surface area contributed by atoms with Gasteiger partial charge in [0.1, 0.15) is 0 Å². The van der Waals surface area contributed by atoms with Gasteiger partial charge in [0.25, 0.3) is 5.91 Å². The average Bonchev–Trinajstić information content (AvgIpc) is 3.07. The van der Waals surface area contributed by atoms with Crippen LogP contribution in [0.1, 0.15) is 40.9 Å². The zero-order valence-electron chi connectivity index (χ0n) is 17.2. The molecule has 29 heavy (non-hydrogen) atoms. The Morgan fingerprint density at radius 3 is 2.83 bits per heavy atom. The van der Waals surface area contributed by atoms with Crippen LogP contribution in [0.5, 0.6) is 0 Å². The maximum atomic E-state index is 12.8. The number of rotatable bonds is 4. The first kappa shape index (κ1) is 19.9. The molecule has 0 spiro atoms. The van der Waals surface area contributed by atoms with E-state index in [-0.39, 0.29) is 17.9 Å². The number of likely N-dealkylation sites (tertiary alicyclic amines) is 1. The number of nitrogens with one attached hydrogen (secondary N) is 2. The van der Waals surface area contributed by atoms with Gasteiger partial charge in [-0.05, 0) is 49.8 Å². The molecule has 7 heteroatoms. The third kappa shape index (κ3) is 4.16. The Morgan fingerprint density at radius 2 is 2.07 bits per heavy atom. The molecule has 1 saturated heterocycles. The van der Waals surface area contributed by atoms with Crippen molar-refractivity contribution >= 4 is 22.7 Å². The van der Waals surface area contributed by atoms with Crippen LogP contribution in [0.25, 0.3) is 10.9 Å². The zero-order valence-corrected chi connectivity index (χ0v) is 17.2. The van der Waals surface area contributed by atoms with Crippen molar-refractivity contribution in [2.45, 2.75) is 44.2 Å². The van der Waals surface area contributed by atoms with E-state index < -0.39 is 6.10 Å². The number of amides is 2. The van der Waals surface area contributed by atoms with Crippen molar-refractivity contribution in [1.82, 2.24) is 20.1 Å². The minimum atomic E-state index is -0.691. The number of hydrogen-bond donors (Lipinski definition) is 3. The molecule has 1 aliphatic heterocycles. The molecular formula is C22H30N4O3. The Morgan fingerprint density at radius 1 is 1.28 bits per heavy atom. The second-order valence-electron chi connectivity index (χ2n) is 8.51. The van der Waals surface area contributed by atoms with Gasteiger partial charge in [-0.3, -0.25) is 14.5 Å². The van der Waals surface area contributed by atoms with Crippen LogP contribution in [0, 0.1) is 0 Å². The molecule has 2 atom stereocenters. The lowest BCUT2D eigenvalue weighted by Gasteiger charge is -2.36. The van der Waals surface area contributed by atoms with Gasteiger partial charge in [-0.25, -0.2) is 0 Å². The highest BCUT2D eigenvalue weighted by Gasteiger charge is 2.30. The first-order chi connectivity index (χ1) is 13.9. The molecule has 1 aromatic carbocycles. The van der Waals surface area contributed by atoms with E-state index in [1.54, 1.807) is 19.0 Å². The Kier molecular flexibility index (Phi) is 5.61. The van der Waals surface area contributed by atoms with Gasteiger partial charge in [-0.15, -0.1) is 0 Å². The number of hydrogen-bond acceptors (Lipinski definition) is 4. The number of aromatic nitrogens is 1. The lowest BCUT2D eigenvalue weighted by molar-refractivity contribution is -0.130. The topological polar surface area (TPSA) is 88.7 Å². The molecule has 2 aliphatic rings. The second-order valence-corrected chi connectivity index (χ2v) is 8.51. The van der Waals surface area contributed by atoms with E-state index >= 15 is 0 Å². The molecule has 7 nitrogen and oxygen atoms in total. The summed E-state index contributed by atoms with van der Waals surface area (Å²) in [7, 11) is 3.45. The molecule has 0 unspecified atom stereocenters. The number of carbonyl (C=O) groups excluding carboxylic acids is 2. The zero-order chi connectivity index (χ0) is 20.5. The highest BCUT2D eigenvalue weighted by molar-refractivity contribution is 5.99. The van der Waals surface area contributed by atoms with E-state index in [0.29, 0.717) is 31.6 Å². The third-order valence-electron chi connectivity index (χ3n) is 6.20. The van der Waals surface area contributed by atoms with Crippen molar-refractivity contribution in [3.63, 3.8) is 0 Å². The average molecular weight is 399 g/mol. The molecule has 0 radical (unpaired) electrons. The number of likely N-dealkylation sites (N-methyl/N-ethyl adjacent to an activating group) is 1. The summed E-state index contributed by atoms with van der Waals surface area (Å²) in [4.78, 5) is 31.6. The van der Waals surface area contributed by atoms with E-state index in [0.717, 1.165) is 18.4 Å². The van der Waals surface area contributed by atoms with E-state index in [2.05, 4.69) is 10.3 Å². The van der Waals surface area contributed by atoms with E-state index in [9.17, 15) is 14.7 Å². The van der Waals surface area contributed by atoms with Crippen LogP contribution in [0.4, 0.5) is 0 Å². The predicted octanol–water partition coefficient (Wildman–Crippen LogP) is 1.30. The molecule has 0 saturated carbocycles. The minimum Gasteiger partial charge on any atom is -0.390 e. The van der Waals surface area contributed by atoms with Crippen molar-refractivity contribution in [3.8, 4) is 0 Å². The van der Waals surface area contributed by atoms with Gasteiger partial charge in [-0.1, -0.05) is 6.07 Å². The first-order valence-corrected chi connectivity index (χ1v) is 10.5. The molecule has 1 aliphatic carbocycles. The highest BCUT2D eigenvalue weighted by Crippen LogP contribution is 2.29. The van der Waals surface area contributed by atoms with Gasteiger partial charge in [0.05, 0.1) is 18.7 Å². The number of β-amino-alcohol motifs (C(OH)–C–C–N with tert-alkyl or cyclic N) is 1. The molecule has 4 rings (SSSR count). The van der Waals surface area contributed by atoms with Gasteiger partial charge in [0.15, 0.2) is 0 Å². The quantitative estimate of drug-likeness (QED) is 0.724. The summed E-state index contributed by atoms with van der Waals surface area (Å²) in [5.74, 6) is -0.150. The number of H-pyrrole nitrogens is 1. The number of nitrogens with zero attached hydrogens (tertiary/aromatic N) is 2. The predicted molar refractivity (Wildman–Crippen MR) is 112 cm³/mol. The Balaban J connectivity index is 1.40. The largest absolute Gasteiger partial charge is 0.390 e. The molecule has 2 heterocycles. The summed E-state index contributed by atoms with van der Waals surface area (Å²) in [6.45, 7) is 1.34. The monoisotopic (exact) mass is 398 g/mol. The standard InChI is InChI=1S/C22H30N4O3/c1-25(2)21(28)13-26-10-9-18(20(27)12-26)24-22(29)14-7-8-16-15-5-3-4-6-17(15)23-19(16)11-14/h7-8,11,18,20,23,27H,3-6,9-10,12-13H2,1-2H3,(H,24,29)/t18-,20-/m1/s1. The number of aryl methyl sites for hydroxylation is 2. The number of piperidine rings is 1. The summed E-state index contributed by atoms with van der Waals surface area (Å²) in [5, 5.41) is 14.7. The van der Waals surface area contributed by atoms with Crippen LogP contribution in [0.3, 0.4) is 0 Å². The normalized spacial score (nSPS) is 22.3. The van der Waals surface area contributed by atoms with Crippen molar-refractivity contribution in [1.29, 1.82) is 0 Å². The molecule has 2 aromatic rings. The number of aliphatic hydroxyl groups is 1. The smallest absolute Gasteiger partial charge is 0.251 e. The third-order valence-corrected chi connectivity index (χ3v) is 6.20. The number of benzene rings is 1. The maximum Gasteiger partial charge on any atom is 0.251 e. The molecule has 1 fully saturated rings. The Labute approximate surface area is 171 Å². The SMILES string of the molecule is CN(C)C(=O)CN1CC[C@@H](NC(=O)c2ccc3c4c([nH]c3c2)CCCC4)[C@H](O)C1. The van der Waals surface area contributed by atoms with Crippen molar-refractivity contribution in [2.75, 3.05) is 33.7 Å². The molecule has 2 amide bonds.